The zero-order chi connectivity index (χ0) is 24.3. The summed E-state index contributed by atoms with van der Waals surface area (Å²) >= 11 is 0. The van der Waals surface area contributed by atoms with Crippen LogP contribution in [0.15, 0.2) is 55.0 Å². The number of aromatic amines is 1. The molecular weight excluding hydrogens is 422 g/mol. The van der Waals surface area contributed by atoms with Crippen LogP contribution >= 0.6 is 0 Å². The summed E-state index contributed by atoms with van der Waals surface area (Å²) in [6.07, 6.45) is 8.58. The lowest BCUT2D eigenvalue weighted by Crippen LogP contribution is -2.41. The lowest BCUT2D eigenvalue weighted by atomic mass is 10.0. The standard InChI is InChI=1S/C28H35N5O/c1-4-5-6-7-15-33(27-10-8-9-21(2)22(27)3)28(34)19-31-25(26-18-30-20-32-26)16-23-11-13-24(17-29)14-12-23/h8-14,18,20,25,31H,4-7,15-16,19H2,1-3H3,(H,30,32)/t25-/m0/s1. The number of carbonyl (C=O) groups is 1. The Hall–Kier alpha value is -3.43. The Morgan fingerprint density at radius 3 is 2.62 bits per heavy atom. The summed E-state index contributed by atoms with van der Waals surface area (Å²) in [5, 5.41) is 12.5. The van der Waals surface area contributed by atoms with Crippen molar-refractivity contribution in [2.24, 2.45) is 0 Å². The lowest BCUT2D eigenvalue weighted by Gasteiger charge is -2.27. The van der Waals surface area contributed by atoms with E-state index in [4.69, 9.17) is 5.26 Å². The molecule has 34 heavy (non-hydrogen) atoms. The molecule has 0 spiro atoms. The Bertz CT molecular complexity index is 1080. The van der Waals surface area contributed by atoms with Gasteiger partial charge in [0.05, 0.1) is 36.2 Å². The third kappa shape index (κ3) is 6.79. The van der Waals surface area contributed by atoms with Crippen molar-refractivity contribution in [3.05, 3.63) is 82.9 Å². The minimum absolute atomic E-state index is 0.0644. The number of rotatable bonds is 12. The Kier molecular flexibility index (Phi) is 9.42. The molecule has 3 rings (SSSR count). The van der Waals surface area contributed by atoms with E-state index < -0.39 is 0 Å². The molecule has 0 saturated heterocycles. The summed E-state index contributed by atoms with van der Waals surface area (Å²) in [5.41, 5.74) is 5.98. The molecule has 178 valence electrons. The Morgan fingerprint density at radius 1 is 1.15 bits per heavy atom. The topological polar surface area (TPSA) is 84.8 Å². The Balaban J connectivity index is 1.74. The van der Waals surface area contributed by atoms with Gasteiger partial charge in [-0.1, -0.05) is 50.5 Å². The second-order valence-corrected chi connectivity index (χ2v) is 8.78. The largest absolute Gasteiger partial charge is 0.347 e. The number of nitriles is 1. The first-order valence-corrected chi connectivity index (χ1v) is 12.1. The number of imidazole rings is 1. The van der Waals surface area contributed by atoms with Crippen molar-refractivity contribution in [3.8, 4) is 6.07 Å². The average molecular weight is 458 g/mol. The minimum Gasteiger partial charge on any atom is -0.347 e. The third-order valence-corrected chi connectivity index (χ3v) is 6.32. The molecule has 0 aliphatic rings. The van der Waals surface area contributed by atoms with Gasteiger partial charge in [-0.15, -0.1) is 0 Å². The van der Waals surface area contributed by atoms with E-state index in [1.54, 1.807) is 12.5 Å². The van der Waals surface area contributed by atoms with Gasteiger partial charge in [0, 0.05) is 18.4 Å². The van der Waals surface area contributed by atoms with Gasteiger partial charge in [-0.2, -0.15) is 5.26 Å². The molecule has 1 amide bonds. The molecule has 0 bridgehead atoms. The molecule has 0 fully saturated rings. The SMILES string of the molecule is CCCCCCN(C(=O)CN[C@@H](Cc1ccc(C#N)cc1)c1cnc[nH]1)c1cccc(C)c1C. The number of hydrogen-bond donors (Lipinski definition) is 2. The van der Waals surface area contributed by atoms with E-state index in [1.165, 1.54) is 18.4 Å². The molecule has 0 radical (unpaired) electrons. The molecule has 3 aromatic rings. The van der Waals surface area contributed by atoms with Crippen molar-refractivity contribution in [2.45, 2.75) is 58.9 Å². The van der Waals surface area contributed by atoms with Crippen LogP contribution < -0.4 is 10.2 Å². The average Bonchev–Trinajstić information content (AvgIpc) is 3.39. The maximum absolute atomic E-state index is 13.5. The van der Waals surface area contributed by atoms with Crippen LogP contribution in [-0.4, -0.2) is 29.0 Å². The summed E-state index contributed by atoms with van der Waals surface area (Å²) < 4.78 is 0. The van der Waals surface area contributed by atoms with Crippen LogP contribution in [0.4, 0.5) is 5.69 Å². The first-order valence-electron chi connectivity index (χ1n) is 12.1. The van der Waals surface area contributed by atoms with Gasteiger partial charge in [0.2, 0.25) is 5.91 Å². The van der Waals surface area contributed by atoms with Crippen LogP contribution in [0.2, 0.25) is 0 Å². The van der Waals surface area contributed by atoms with E-state index in [1.807, 2.05) is 41.3 Å². The van der Waals surface area contributed by atoms with Gasteiger partial charge in [-0.3, -0.25) is 10.1 Å². The van der Waals surface area contributed by atoms with Crippen molar-refractivity contribution >= 4 is 11.6 Å². The Labute approximate surface area is 203 Å². The second kappa shape index (κ2) is 12.7. The number of nitrogens with one attached hydrogen (secondary N) is 2. The van der Waals surface area contributed by atoms with E-state index in [-0.39, 0.29) is 18.5 Å². The van der Waals surface area contributed by atoms with Crippen LogP contribution in [-0.2, 0) is 11.2 Å². The normalized spacial score (nSPS) is 11.7. The van der Waals surface area contributed by atoms with Crippen LogP contribution in [0.25, 0.3) is 0 Å². The molecule has 0 saturated carbocycles. The van der Waals surface area contributed by atoms with Crippen molar-refractivity contribution in [2.75, 3.05) is 18.0 Å². The van der Waals surface area contributed by atoms with Crippen molar-refractivity contribution < 1.29 is 4.79 Å². The number of carbonyl (C=O) groups excluding carboxylic acids is 1. The highest BCUT2D eigenvalue weighted by atomic mass is 16.2. The van der Waals surface area contributed by atoms with Crippen LogP contribution in [0.1, 0.15) is 66.6 Å². The van der Waals surface area contributed by atoms with Crippen LogP contribution in [0.5, 0.6) is 0 Å². The van der Waals surface area contributed by atoms with Crippen molar-refractivity contribution in [1.29, 1.82) is 5.26 Å². The third-order valence-electron chi connectivity index (χ3n) is 6.32. The van der Waals surface area contributed by atoms with Crippen molar-refractivity contribution in [3.63, 3.8) is 0 Å². The number of amides is 1. The van der Waals surface area contributed by atoms with Gasteiger partial charge < -0.3 is 9.88 Å². The van der Waals surface area contributed by atoms with Gasteiger partial charge in [-0.05, 0) is 61.6 Å². The van der Waals surface area contributed by atoms with E-state index in [0.29, 0.717) is 12.0 Å². The first-order chi connectivity index (χ1) is 16.5. The molecule has 2 aromatic carbocycles. The van der Waals surface area contributed by atoms with Gasteiger partial charge >= 0.3 is 0 Å². The van der Waals surface area contributed by atoms with Gasteiger partial charge in [0.1, 0.15) is 0 Å². The molecule has 0 aliphatic heterocycles. The number of unbranched alkanes of at least 4 members (excludes halogenated alkanes) is 3. The number of aromatic nitrogens is 2. The lowest BCUT2D eigenvalue weighted by molar-refractivity contribution is -0.118. The molecule has 1 atom stereocenters. The zero-order valence-electron chi connectivity index (χ0n) is 20.5. The minimum atomic E-state index is -0.0973. The highest BCUT2D eigenvalue weighted by Crippen LogP contribution is 2.24. The van der Waals surface area contributed by atoms with Gasteiger partial charge in [0.15, 0.2) is 0 Å². The predicted molar refractivity (Wildman–Crippen MR) is 137 cm³/mol. The summed E-state index contributed by atoms with van der Waals surface area (Å²) in [6.45, 7) is 7.31. The summed E-state index contributed by atoms with van der Waals surface area (Å²) in [5.74, 6) is 0.0644. The summed E-state index contributed by atoms with van der Waals surface area (Å²) in [7, 11) is 0. The number of H-pyrrole nitrogens is 1. The molecule has 1 aromatic heterocycles. The van der Waals surface area contributed by atoms with E-state index in [0.717, 1.165) is 41.9 Å². The number of aryl methyl sites for hydroxylation is 1. The monoisotopic (exact) mass is 457 g/mol. The fourth-order valence-electron chi connectivity index (χ4n) is 4.11. The molecule has 1 heterocycles. The van der Waals surface area contributed by atoms with Gasteiger partial charge in [0.25, 0.3) is 0 Å². The second-order valence-electron chi connectivity index (χ2n) is 8.78. The fourth-order valence-corrected chi connectivity index (χ4v) is 4.11. The van der Waals surface area contributed by atoms with Crippen molar-refractivity contribution in [1.82, 2.24) is 15.3 Å². The number of benzene rings is 2. The molecule has 0 aliphatic carbocycles. The molecule has 6 nitrogen and oxygen atoms in total. The first kappa shape index (κ1) is 25.2. The molecular formula is C28H35N5O. The van der Waals surface area contributed by atoms with E-state index in [2.05, 4.69) is 48.2 Å². The van der Waals surface area contributed by atoms with Crippen LogP contribution in [0.3, 0.4) is 0 Å². The number of nitrogens with zero attached hydrogens (tertiary/aromatic N) is 3. The fraction of sp³-hybridized carbons (Fsp3) is 0.393. The Morgan fingerprint density at radius 2 is 1.94 bits per heavy atom. The number of hydrogen-bond acceptors (Lipinski definition) is 4. The zero-order valence-corrected chi connectivity index (χ0v) is 20.5. The highest BCUT2D eigenvalue weighted by Gasteiger charge is 2.21. The van der Waals surface area contributed by atoms with E-state index >= 15 is 0 Å². The van der Waals surface area contributed by atoms with E-state index in [9.17, 15) is 4.79 Å². The summed E-state index contributed by atoms with van der Waals surface area (Å²) in [6, 6.07) is 15.8. The maximum Gasteiger partial charge on any atom is 0.240 e. The predicted octanol–water partition coefficient (Wildman–Crippen LogP) is 5.39. The quantitative estimate of drug-likeness (QED) is 0.357. The molecule has 0 unspecified atom stereocenters. The number of anilines is 1. The summed E-state index contributed by atoms with van der Waals surface area (Å²) in [4.78, 5) is 22.8. The molecule has 2 N–H and O–H groups in total. The highest BCUT2D eigenvalue weighted by molar-refractivity contribution is 5.95. The van der Waals surface area contributed by atoms with Crippen LogP contribution in [0, 0.1) is 25.2 Å². The van der Waals surface area contributed by atoms with Gasteiger partial charge in [-0.25, -0.2) is 4.98 Å². The smallest absolute Gasteiger partial charge is 0.240 e. The maximum atomic E-state index is 13.5. The molecule has 6 heteroatoms.